The minimum absolute atomic E-state index is 0.177. The van der Waals surface area contributed by atoms with Gasteiger partial charge >= 0.3 is 0 Å². The van der Waals surface area contributed by atoms with Gasteiger partial charge in [-0.05, 0) is 13.0 Å². The van der Waals surface area contributed by atoms with Crippen molar-refractivity contribution in [3.63, 3.8) is 0 Å². The van der Waals surface area contributed by atoms with Gasteiger partial charge in [-0.3, -0.25) is 4.79 Å². The fraction of sp³-hybridized carbons (Fsp3) is 0.375. The van der Waals surface area contributed by atoms with E-state index in [0.717, 1.165) is 11.8 Å². The molecule has 0 radical (unpaired) electrons. The molecule has 1 saturated heterocycles. The molecule has 0 spiro atoms. The summed E-state index contributed by atoms with van der Waals surface area (Å²) in [4.78, 5) is 11.0. The topological polar surface area (TPSA) is 61.5 Å². The molecule has 0 aliphatic carbocycles. The maximum absolute atomic E-state index is 10.4. The average Bonchev–Trinajstić information content (AvgIpc) is 2.41. The molecule has 0 aromatic carbocycles. The number of ether oxygens (including phenoxy) is 2. The third-order valence-corrected chi connectivity index (χ3v) is 2.72. The highest BCUT2D eigenvalue weighted by Gasteiger charge is 2.31. The van der Waals surface area contributed by atoms with Crippen LogP contribution in [0.2, 0.25) is 0 Å². The number of hydrogen-bond donors (Lipinski definition) is 1. The minimum atomic E-state index is -0.389. The Morgan fingerprint density at radius 3 is 2.77 bits per heavy atom. The Morgan fingerprint density at radius 2 is 2.31 bits per heavy atom. The zero-order chi connectivity index (χ0) is 9.42. The third kappa shape index (κ3) is 1.46. The Hall–Kier alpha value is -0.910. The fourth-order valence-corrected chi connectivity index (χ4v) is 1.95. The first-order valence-electron chi connectivity index (χ1n) is 3.86. The van der Waals surface area contributed by atoms with Gasteiger partial charge in [-0.2, -0.15) is 0 Å². The van der Waals surface area contributed by atoms with Gasteiger partial charge in [0, 0.05) is 5.56 Å². The van der Waals surface area contributed by atoms with Crippen molar-refractivity contribution >= 4 is 22.6 Å². The second-order valence-corrected chi connectivity index (χ2v) is 3.87. The summed E-state index contributed by atoms with van der Waals surface area (Å²) >= 11 is 1.24. The normalized spacial score (nSPS) is 26.8. The van der Waals surface area contributed by atoms with Crippen LogP contribution >= 0.6 is 11.3 Å². The second kappa shape index (κ2) is 3.10. The van der Waals surface area contributed by atoms with Gasteiger partial charge < -0.3 is 15.2 Å². The number of nitrogen functional groups attached to an aromatic ring is 1. The van der Waals surface area contributed by atoms with E-state index >= 15 is 0 Å². The van der Waals surface area contributed by atoms with E-state index in [4.69, 9.17) is 15.2 Å². The standard InChI is InChI=1S/C8H9NO3S/c1-4-11-8(12-4)6-2-5(3-10)13-7(6)9/h2-4,8H,9H2,1H3. The highest BCUT2D eigenvalue weighted by atomic mass is 32.1. The Kier molecular flexibility index (Phi) is 2.07. The molecule has 2 rings (SSSR count). The number of anilines is 1. The molecule has 0 saturated carbocycles. The summed E-state index contributed by atoms with van der Waals surface area (Å²) in [5, 5.41) is 0.582. The van der Waals surface area contributed by atoms with Gasteiger partial charge in [0.25, 0.3) is 0 Å². The second-order valence-electron chi connectivity index (χ2n) is 2.76. The van der Waals surface area contributed by atoms with Gasteiger partial charge in [-0.15, -0.1) is 11.3 Å². The van der Waals surface area contributed by atoms with Gasteiger partial charge in [-0.25, -0.2) is 0 Å². The molecule has 70 valence electrons. The number of nitrogens with two attached hydrogens (primary N) is 1. The van der Waals surface area contributed by atoms with Crippen LogP contribution in [0.15, 0.2) is 6.07 Å². The van der Waals surface area contributed by atoms with E-state index in [1.54, 1.807) is 13.0 Å². The van der Waals surface area contributed by atoms with Crippen molar-refractivity contribution in [2.45, 2.75) is 19.5 Å². The molecular weight excluding hydrogens is 190 g/mol. The van der Waals surface area contributed by atoms with E-state index in [2.05, 4.69) is 0 Å². The number of rotatable bonds is 2. The Balaban J connectivity index is 2.20. The van der Waals surface area contributed by atoms with Crippen molar-refractivity contribution in [3.05, 3.63) is 16.5 Å². The fourth-order valence-electron chi connectivity index (χ4n) is 1.19. The SMILES string of the molecule is CC1OC(c2cc(C=O)sc2N)O1. The smallest absolute Gasteiger partial charge is 0.192 e. The average molecular weight is 199 g/mol. The number of aldehydes is 1. The molecule has 4 nitrogen and oxygen atoms in total. The van der Waals surface area contributed by atoms with Crippen LogP contribution in [-0.2, 0) is 9.47 Å². The van der Waals surface area contributed by atoms with Crippen LogP contribution in [0.4, 0.5) is 5.00 Å². The molecule has 1 aromatic rings. The predicted molar refractivity (Wildman–Crippen MR) is 48.5 cm³/mol. The summed E-state index contributed by atoms with van der Waals surface area (Å²) in [5.41, 5.74) is 6.43. The van der Waals surface area contributed by atoms with E-state index in [-0.39, 0.29) is 12.6 Å². The van der Waals surface area contributed by atoms with Crippen LogP contribution in [0.5, 0.6) is 0 Å². The van der Waals surface area contributed by atoms with Crippen molar-refractivity contribution < 1.29 is 14.3 Å². The highest BCUT2D eigenvalue weighted by Crippen LogP contribution is 2.38. The van der Waals surface area contributed by atoms with Crippen LogP contribution < -0.4 is 5.73 Å². The van der Waals surface area contributed by atoms with Crippen LogP contribution in [0.3, 0.4) is 0 Å². The van der Waals surface area contributed by atoms with Crippen molar-refractivity contribution in [2.24, 2.45) is 0 Å². The van der Waals surface area contributed by atoms with E-state index in [1.165, 1.54) is 11.3 Å². The Morgan fingerprint density at radius 1 is 1.62 bits per heavy atom. The first kappa shape index (κ1) is 8.68. The lowest BCUT2D eigenvalue weighted by atomic mass is 10.2. The van der Waals surface area contributed by atoms with Crippen LogP contribution in [-0.4, -0.2) is 12.6 Å². The van der Waals surface area contributed by atoms with Crippen LogP contribution in [0, 0.1) is 0 Å². The monoisotopic (exact) mass is 199 g/mol. The molecule has 2 heterocycles. The van der Waals surface area contributed by atoms with E-state index in [9.17, 15) is 4.79 Å². The van der Waals surface area contributed by atoms with E-state index in [1.807, 2.05) is 0 Å². The highest BCUT2D eigenvalue weighted by molar-refractivity contribution is 7.17. The molecule has 1 fully saturated rings. The maximum Gasteiger partial charge on any atom is 0.192 e. The first-order valence-corrected chi connectivity index (χ1v) is 4.67. The molecule has 0 unspecified atom stereocenters. The van der Waals surface area contributed by atoms with Gasteiger partial charge in [0.1, 0.15) is 0 Å². The van der Waals surface area contributed by atoms with Gasteiger partial charge in [0.05, 0.1) is 9.88 Å². The van der Waals surface area contributed by atoms with Gasteiger partial charge in [-0.1, -0.05) is 0 Å². The van der Waals surface area contributed by atoms with Crippen LogP contribution in [0.1, 0.15) is 28.4 Å². The van der Waals surface area contributed by atoms with Crippen molar-refractivity contribution in [1.82, 2.24) is 0 Å². The lowest BCUT2D eigenvalue weighted by Gasteiger charge is -2.33. The zero-order valence-electron chi connectivity index (χ0n) is 7.02. The number of carbonyl (C=O) groups excluding carboxylic acids is 1. The minimum Gasteiger partial charge on any atom is -0.390 e. The summed E-state index contributed by atoms with van der Waals surface area (Å²) in [7, 11) is 0. The molecule has 5 heteroatoms. The molecular formula is C8H9NO3S. The summed E-state index contributed by atoms with van der Waals surface area (Å²) < 4.78 is 10.5. The maximum atomic E-state index is 10.4. The summed E-state index contributed by atoms with van der Waals surface area (Å²) in [6.45, 7) is 1.81. The molecule has 13 heavy (non-hydrogen) atoms. The summed E-state index contributed by atoms with van der Waals surface area (Å²) in [6.07, 6.45) is 0.205. The van der Waals surface area contributed by atoms with E-state index in [0.29, 0.717) is 9.88 Å². The molecule has 0 amide bonds. The Labute approximate surface area is 79.3 Å². The summed E-state index contributed by atoms with van der Waals surface area (Å²) in [5.74, 6) is 0. The zero-order valence-corrected chi connectivity index (χ0v) is 7.84. The lowest BCUT2D eigenvalue weighted by molar-refractivity contribution is -0.382. The van der Waals surface area contributed by atoms with Crippen molar-refractivity contribution in [2.75, 3.05) is 5.73 Å². The van der Waals surface area contributed by atoms with Crippen LogP contribution in [0.25, 0.3) is 0 Å². The third-order valence-electron chi connectivity index (χ3n) is 1.81. The van der Waals surface area contributed by atoms with Crippen molar-refractivity contribution in [3.8, 4) is 0 Å². The van der Waals surface area contributed by atoms with Crippen molar-refractivity contribution in [1.29, 1.82) is 0 Å². The lowest BCUT2D eigenvalue weighted by Crippen LogP contribution is -2.31. The van der Waals surface area contributed by atoms with Gasteiger partial charge in [0.2, 0.25) is 0 Å². The van der Waals surface area contributed by atoms with E-state index < -0.39 is 0 Å². The summed E-state index contributed by atoms with van der Waals surface area (Å²) in [6, 6.07) is 1.70. The number of carbonyl (C=O) groups is 1. The predicted octanol–water partition coefficient (Wildman–Crippen LogP) is 1.53. The molecule has 0 bridgehead atoms. The quantitative estimate of drug-likeness (QED) is 0.734. The molecule has 2 N–H and O–H groups in total. The first-order chi connectivity index (χ1) is 6.20. The number of hydrogen-bond acceptors (Lipinski definition) is 5. The Bertz CT molecular complexity index is 330. The van der Waals surface area contributed by atoms with Gasteiger partial charge in [0.15, 0.2) is 18.9 Å². The molecule has 1 aliphatic heterocycles. The molecule has 1 aliphatic rings. The molecule has 0 atom stereocenters. The number of thiophene rings is 1. The molecule has 1 aromatic heterocycles. The largest absolute Gasteiger partial charge is 0.390 e.